The molecule has 0 saturated carbocycles. The van der Waals surface area contributed by atoms with E-state index in [4.69, 9.17) is 9.47 Å². The second-order valence-corrected chi connectivity index (χ2v) is 9.26. The van der Waals surface area contributed by atoms with E-state index in [1.165, 1.54) is 11.3 Å². The lowest BCUT2D eigenvalue weighted by atomic mass is 10.2. The molecule has 1 saturated heterocycles. The van der Waals surface area contributed by atoms with Gasteiger partial charge in [0, 0.05) is 30.9 Å². The molecule has 2 N–H and O–H groups in total. The molecule has 0 bridgehead atoms. The molecule has 0 spiro atoms. The molecule has 0 aliphatic carbocycles. The lowest BCUT2D eigenvalue weighted by molar-refractivity contribution is 0.0374. The van der Waals surface area contributed by atoms with Crippen molar-refractivity contribution in [3.8, 4) is 5.75 Å². The van der Waals surface area contributed by atoms with Gasteiger partial charge in [0.15, 0.2) is 5.01 Å². The predicted molar refractivity (Wildman–Crippen MR) is 134 cm³/mol. The van der Waals surface area contributed by atoms with E-state index in [1.54, 1.807) is 24.3 Å². The minimum absolute atomic E-state index is 0.132. The molecule has 184 valence electrons. The molecular formula is C25H29N5O4S. The van der Waals surface area contributed by atoms with Crippen molar-refractivity contribution in [1.82, 2.24) is 20.4 Å². The van der Waals surface area contributed by atoms with Crippen LogP contribution >= 0.6 is 11.3 Å². The van der Waals surface area contributed by atoms with Gasteiger partial charge in [-0.05, 0) is 56.3 Å². The zero-order valence-electron chi connectivity index (χ0n) is 19.7. The van der Waals surface area contributed by atoms with Gasteiger partial charge in [-0.2, -0.15) is 0 Å². The fourth-order valence-corrected chi connectivity index (χ4v) is 4.15. The second-order valence-electron chi connectivity index (χ2n) is 8.20. The summed E-state index contributed by atoms with van der Waals surface area (Å²) >= 11 is 1.18. The summed E-state index contributed by atoms with van der Waals surface area (Å²) in [6.45, 7) is 7.25. The molecule has 1 aliphatic heterocycles. The Morgan fingerprint density at radius 3 is 2.51 bits per heavy atom. The number of carbonyl (C=O) groups is 2. The minimum atomic E-state index is -0.357. The van der Waals surface area contributed by atoms with Crippen LogP contribution in [0.25, 0.3) is 0 Å². The number of amides is 2. The Morgan fingerprint density at radius 2 is 1.77 bits per heavy atom. The highest BCUT2D eigenvalue weighted by atomic mass is 32.1. The van der Waals surface area contributed by atoms with Gasteiger partial charge in [-0.3, -0.25) is 14.5 Å². The Hall–Kier alpha value is -3.34. The molecule has 1 aromatic heterocycles. The van der Waals surface area contributed by atoms with E-state index in [2.05, 4.69) is 25.7 Å². The highest BCUT2D eigenvalue weighted by Crippen LogP contribution is 2.17. The van der Waals surface area contributed by atoms with E-state index in [9.17, 15) is 9.59 Å². The van der Waals surface area contributed by atoms with Gasteiger partial charge in [-0.15, -0.1) is 10.2 Å². The van der Waals surface area contributed by atoms with Crippen molar-refractivity contribution in [2.75, 3.05) is 44.7 Å². The highest BCUT2D eigenvalue weighted by molar-refractivity contribution is 7.13. The van der Waals surface area contributed by atoms with Gasteiger partial charge in [-0.25, -0.2) is 0 Å². The van der Waals surface area contributed by atoms with Crippen LogP contribution in [-0.2, 0) is 11.3 Å². The molecule has 4 rings (SSSR count). The topological polar surface area (TPSA) is 106 Å². The number of rotatable bonds is 10. The summed E-state index contributed by atoms with van der Waals surface area (Å²) in [6, 6.07) is 14.5. The first-order chi connectivity index (χ1) is 17.1. The quantitative estimate of drug-likeness (QED) is 0.416. The van der Waals surface area contributed by atoms with Crippen LogP contribution in [0.2, 0.25) is 0 Å². The van der Waals surface area contributed by atoms with E-state index in [0.717, 1.165) is 50.6 Å². The Bertz CT molecular complexity index is 1110. The molecule has 9 nitrogen and oxygen atoms in total. The van der Waals surface area contributed by atoms with E-state index in [1.807, 2.05) is 31.2 Å². The van der Waals surface area contributed by atoms with E-state index in [0.29, 0.717) is 22.8 Å². The summed E-state index contributed by atoms with van der Waals surface area (Å²) in [5.41, 5.74) is 2.27. The molecular weight excluding hydrogens is 466 g/mol. The predicted octanol–water partition coefficient (Wildman–Crippen LogP) is 3.13. The third-order valence-corrected chi connectivity index (χ3v) is 6.39. The monoisotopic (exact) mass is 495 g/mol. The summed E-state index contributed by atoms with van der Waals surface area (Å²) in [6.07, 6.45) is 0.889. The Labute approximate surface area is 208 Å². The number of hydrogen-bond acceptors (Lipinski definition) is 8. The molecule has 1 aliphatic rings. The summed E-state index contributed by atoms with van der Waals surface area (Å²) < 4.78 is 11.0. The highest BCUT2D eigenvalue weighted by Gasteiger charge is 2.14. The van der Waals surface area contributed by atoms with Crippen molar-refractivity contribution in [1.29, 1.82) is 0 Å². The Morgan fingerprint density at radius 1 is 1.03 bits per heavy atom. The fourth-order valence-electron chi connectivity index (χ4n) is 3.50. The molecule has 0 atom stereocenters. The zero-order chi connectivity index (χ0) is 24.5. The van der Waals surface area contributed by atoms with Crippen molar-refractivity contribution in [3.05, 3.63) is 69.7 Å². The average molecular weight is 496 g/mol. The van der Waals surface area contributed by atoms with Gasteiger partial charge in [0.1, 0.15) is 12.4 Å². The van der Waals surface area contributed by atoms with Gasteiger partial charge in [0.05, 0.1) is 13.2 Å². The fraction of sp³-hybridized carbons (Fsp3) is 0.360. The van der Waals surface area contributed by atoms with Crippen molar-refractivity contribution in [3.63, 3.8) is 0 Å². The maximum absolute atomic E-state index is 12.5. The minimum Gasteiger partial charge on any atom is -0.486 e. The van der Waals surface area contributed by atoms with E-state index >= 15 is 0 Å². The first-order valence-corrected chi connectivity index (χ1v) is 12.4. The molecule has 2 aromatic carbocycles. The number of nitrogens with one attached hydrogen (secondary N) is 2. The zero-order valence-corrected chi connectivity index (χ0v) is 20.5. The van der Waals surface area contributed by atoms with Crippen molar-refractivity contribution >= 4 is 28.8 Å². The number of morpholine rings is 1. The number of anilines is 1. The number of carbonyl (C=O) groups excluding carboxylic acids is 2. The first kappa shape index (κ1) is 24.8. The van der Waals surface area contributed by atoms with Crippen LogP contribution in [0, 0.1) is 6.92 Å². The second kappa shape index (κ2) is 12.4. The number of benzene rings is 2. The third-order valence-electron chi connectivity index (χ3n) is 5.49. The molecule has 10 heteroatoms. The van der Waals surface area contributed by atoms with Crippen molar-refractivity contribution in [2.45, 2.75) is 20.0 Å². The van der Waals surface area contributed by atoms with Gasteiger partial charge >= 0.3 is 0 Å². The average Bonchev–Trinajstić information content (AvgIpc) is 3.37. The van der Waals surface area contributed by atoms with E-state index in [-0.39, 0.29) is 23.4 Å². The van der Waals surface area contributed by atoms with Crippen LogP contribution in [0.3, 0.4) is 0 Å². The van der Waals surface area contributed by atoms with Crippen LogP contribution in [0.15, 0.2) is 48.5 Å². The Kier molecular flexibility index (Phi) is 8.77. The smallest absolute Gasteiger partial charge is 0.286 e. The van der Waals surface area contributed by atoms with Crippen LogP contribution in [0.1, 0.15) is 37.2 Å². The molecule has 1 fully saturated rings. The normalized spacial score (nSPS) is 13.9. The van der Waals surface area contributed by atoms with Gasteiger partial charge in [-0.1, -0.05) is 29.0 Å². The number of aryl methyl sites for hydroxylation is 1. The molecule has 0 unspecified atom stereocenters. The molecule has 2 amide bonds. The third kappa shape index (κ3) is 7.57. The number of hydrogen-bond donors (Lipinski definition) is 2. The SMILES string of the molecule is Cc1ccc(OCc2nnc(C(=O)Nc3ccc(C(=O)NCCCN4CCOCC4)cc3)s2)cc1. The Balaban J connectivity index is 1.20. The summed E-state index contributed by atoms with van der Waals surface area (Å²) in [7, 11) is 0. The van der Waals surface area contributed by atoms with Gasteiger partial charge < -0.3 is 20.1 Å². The molecule has 3 aromatic rings. The van der Waals surface area contributed by atoms with Gasteiger partial charge in [0.2, 0.25) is 5.01 Å². The maximum atomic E-state index is 12.5. The number of ether oxygens (including phenoxy) is 2. The van der Waals surface area contributed by atoms with Crippen LogP contribution in [0.5, 0.6) is 5.75 Å². The lowest BCUT2D eigenvalue weighted by Crippen LogP contribution is -2.38. The largest absolute Gasteiger partial charge is 0.486 e. The standard InChI is InChI=1S/C25H29N5O4S/c1-18-3-9-21(10-4-18)34-17-22-28-29-25(35-22)24(32)27-20-7-5-19(6-8-20)23(31)26-11-2-12-30-13-15-33-16-14-30/h3-10H,2,11-17H2,1H3,(H,26,31)(H,27,32). The lowest BCUT2D eigenvalue weighted by Gasteiger charge is -2.26. The molecule has 0 radical (unpaired) electrons. The first-order valence-electron chi connectivity index (χ1n) is 11.6. The van der Waals surface area contributed by atoms with E-state index < -0.39 is 0 Å². The summed E-state index contributed by atoms with van der Waals surface area (Å²) in [5, 5.41) is 14.6. The molecule has 2 heterocycles. The van der Waals surface area contributed by atoms with Crippen molar-refractivity contribution in [2.24, 2.45) is 0 Å². The van der Waals surface area contributed by atoms with Crippen LogP contribution < -0.4 is 15.4 Å². The van der Waals surface area contributed by atoms with Gasteiger partial charge in [0.25, 0.3) is 11.8 Å². The maximum Gasteiger partial charge on any atom is 0.286 e. The van der Waals surface area contributed by atoms with Crippen LogP contribution in [-0.4, -0.2) is 66.3 Å². The number of aromatic nitrogens is 2. The van der Waals surface area contributed by atoms with Crippen LogP contribution in [0.4, 0.5) is 5.69 Å². The molecule has 35 heavy (non-hydrogen) atoms. The summed E-state index contributed by atoms with van der Waals surface area (Å²) in [4.78, 5) is 27.2. The number of nitrogens with zero attached hydrogens (tertiary/aromatic N) is 3. The van der Waals surface area contributed by atoms with Crippen molar-refractivity contribution < 1.29 is 19.1 Å². The summed E-state index contributed by atoms with van der Waals surface area (Å²) in [5.74, 6) is 0.245.